The van der Waals surface area contributed by atoms with Crippen LogP contribution in [0.1, 0.15) is 11.1 Å². The maximum atomic E-state index is 12.3. The molecule has 166 valence electrons. The lowest BCUT2D eigenvalue weighted by Crippen LogP contribution is -2.32. The minimum Gasteiger partial charge on any atom is -0.507 e. The number of benzene rings is 3. The summed E-state index contributed by atoms with van der Waals surface area (Å²) in [6, 6.07) is 16.3. The van der Waals surface area contributed by atoms with Crippen LogP contribution in [0, 0.1) is 6.92 Å². The van der Waals surface area contributed by atoms with Crippen molar-refractivity contribution >= 4 is 79.8 Å². The first kappa shape index (κ1) is 23.2. The monoisotopic (exact) mass is 513 g/mol. The van der Waals surface area contributed by atoms with Crippen LogP contribution in [0.2, 0.25) is 10.0 Å². The van der Waals surface area contributed by atoms with Crippen LogP contribution in [0.3, 0.4) is 0 Å². The number of nitrogens with one attached hydrogen (secondary N) is 2. The topological polar surface area (TPSA) is 74.2 Å². The average Bonchev–Trinajstić information content (AvgIpc) is 3.19. The molecule has 0 saturated heterocycles. The quantitative estimate of drug-likeness (QED) is 0.159. The van der Waals surface area contributed by atoms with Crippen LogP contribution in [-0.4, -0.2) is 21.1 Å². The summed E-state index contributed by atoms with van der Waals surface area (Å²) < 4.78 is 1.03. The number of hydrogen-bond acceptors (Lipinski definition) is 5. The van der Waals surface area contributed by atoms with Gasteiger partial charge in [0.15, 0.2) is 5.11 Å². The molecule has 0 fully saturated rings. The first-order chi connectivity index (χ1) is 15.8. The van der Waals surface area contributed by atoms with Gasteiger partial charge in [-0.3, -0.25) is 10.1 Å². The van der Waals surface area contributed by atoms with Gasteiger partial charge in [0, 0.05) is 21.8 Å². The smallest absolute Gasteiger partial charge is 0.250 e. The molecule has 0 aliphatic carbocycles. The van der Waals surface area contributed by atoms with Crippen molar-refractivity contribution in [3.8, 4) is 16.3 Å². The van der Waals surface area contributed by atoms with Gasteiger partial charge in [0.2, 0.25) is 5.91 Å². The number of carbonyl (C=O) groups excluding carboxylic acids is 1. The lowest BCUT2D eigenvalue weighted by atomic mass is 10.1. The first-order valence-corrected chi connectivity index (χ1v) is 11.7. The number of carbonyl (C=O) groups is 1. The van der Waals surface area contributed by atoms with Gasteiger partial charge in [0.1, 0.15) is 10.8 Å². The Hall–Kier alpha value is -2.97. The van der Waals surface area contributed by atoms with E-state index >= 15 is 0 Å². The number of para-hydroxylation sites is 1. The molecule has 1 aromatic heterocycles. The fourth-order valence-electron chi connectivity index (χ4n) is 3.12. The zero-order chi connectivity index (χ0) is 23.5. The highest BCUT2D eigenvalue weighted by Gasteiger charge is 2.14. The van der Waals surface area contributed by atoms with Crippen LogP contribution in [0.25, 0.3) is 26.9 Å². The highest BCUT2D eigenvalue weighted by atomic mass is 35.5. The predicted molar refractivity (Wildman–Crippen MR) is 141 cm³/mol. The Morgan fingerprint density at radius 1 is 1.15 bits per heavy atom. The van der Waals surface area contributed by atoms with Crippen LogP contribution in [0.4, 0.5) is 5.69 Å². The lowest BCUT2D eigenvalue weighted by Gasteiger charge is -2.12. The molecule has 9 heteroatoms. The van der Waals surface area contributed by atoms with Crippen molar-refractivity contribution in [1.82, 2.24) is 10.3 Å². The second kappa shape index (κ2) is 9.89. The fourth-order valence-corrected chi connectivity index (χ4v) is 4.79. The van der Waals surface area contributed by atoms with Gasteiger partial charge in [-0.15, -0.1) is 11.3 Å². The lowest BCUT2D eigenvalue weighted by molar-refractivity contribution is -0.115. The van der Waals surface area contributed by atoms with E-state index in [9.17, 15) is 9.90 Å². The average molecular weight is 514 g/mol. The molecule has 0 aliphatic heterocycles. The predicted octanol–water partition coefficient (Wildman–Crippen LogP) is 6.81. The van der Waals surface area contributed by atoms with E-state index in [4.69, 9.17) is 35.4 Å². The highest BCUT2D eigenvalue weighted by Crippen LogP contribution is 2.38. The van der Waals surface area contributed by atoms with Crippen LogP contribution < -0.4 is 10.6 Å². The molecule has 3 aromatic carbocycles. The normalized spacial score (nSPS) is 11.1. The number of aromatic hydroxyl groups is 1. The van der Waals surface area contributed by atoms with E-state index in [1.54, 1.807) is 43.3 Å². The standard InChI is InChI=1S/C24H17Cl2N3O2S2/c1-13-10-16(12-17(22(13)31)23-28-19-4-2-3-5-20(19)33-23)27-24(32)29-21(30)9-7-14-6-8-15(25)11-18(14)26/h2-12,31H,1H3,(H2,27,29,30,32)/b9-7+. The van der Waals surface area contributed by atoms with E-state index < -0.39 is 5.91 Å². The SMILES string of the molecule is Cc1cc(NC(=S)NC(=O)/C=C/c2ccc(Cl)cc2Cl)cc(-c2nc3ccccc3s2)c1O. The Morgan fingerprint density at radius 2 is 1.94 bits per heavy atom. The summed E-state index contributed by atoms with van der Waals surface area (Å²) in [5.74, 6) is -0.266. The van der Waals surface area contributed by atoms with E-state index in [0.29, 0.717) is 37.4 Å². The fraction of sp³-hybridized carbons (Fsp3) is 0.0417. The number of thiocarbonyl (C=S) groups is 1. The van der Waals surface area contributed by atoms with Gasteiger partial charge in [0.25, 0.3) is 0 Å². The van der Waals surface area contributed by atoms with Gasteiger partial charge in [0.05, 0.1) is 15.8 Å². The Kier molecular flexibility index (Phi) is 6.95. The van der Waals surface area contributed by atoms with E-state index in [2.05, 4.69) is 15.6 Å². The van der Waals surface area contributed by atoms with E-state index in [1.807, 2.05) is 24.3 Å². The van der Waals surface area contributed by atoms with Crippen molar-refractivity contribution < 1.29 is 9.90 Å². The summed E-state index contributed by atoms with van der Waals surface area (Å²) in [5, 5.41) is 18.0. The second-order valence-electron chi connectivity index (χ2n) is 7.12. The van der Waals surface area contributed by atoms with Crippen LogP contribution >= 0.6 is 46.8 Å². The number of phenols is 1. The zero-order valence-electron chi connectivity index (χ0n) is 17.2. The highest BCUT2D eigenvalue weighted by molar-refractivity contribution is 7.80. The molecule has 0 spiro atoms. The van der Waals surface area contributed by atoms with Crippen LogP contribution in [0.5, 0.6) is 5.75 Å². The molecular formula is C24H17Cl2N3O2S2. The zero-order valence-corrected chi connectivity index (χ0v) is 20.4. The maximum Gasteiger partial charge on any atom is 0.250 e. The minimum absolute atomic E-state index is 0.118. The largest absolute Gasteiger partial charge is 0.507 e. The number of amides is 1. The Morgan fingerprint density at radius 3 is 2.70 bits per heavy atom. The number of fused-ring (bicyclic) bond motifs is 1. The number of nitrogens with zero attached hydrogens (tertiary/aromatic N) is 1. The van der Waals surface area contributed by atoms with Crippen molar-refractivity contribution in [3.05, 3.63) is 81.8 Å². The van der Waals surface area contributed by atoms with E-state index in [1.165, 1.54) is 17.4 Å². The van der Waals surface area contributed by atoms with E-state index in [0.717, 1.165) is 10.2 Å². The van der Waals surface area contributed by atoms with Crippen molar-refractivity contribution in [1.29, 1.82) is 0 Å². The molecule has 5 nitrogen and oxygen atoms in total. The number of thiazole rings is 1. The third kappa shape index (κ3) is 5.51. The Labute approximate surface area is 209 Å². The molecule has 1 amide bonds. The summed E-state index contributed by atoms with van der Waals surface area (Å²) in [4.78, 5) is 16.9. The number of halogens is 2. The summed E-state index contributed by atoms with van der Waals surface area (Å²) in [6.45, 7) is 1.79. The third-order valence-corrected chi connectivity index (χ3v) is 6.53. The number of phenolic OH excluding ortho intramolecular Hbond substituents is 1. The number of aryl methyl sites for hydroxylation is 1. The van der Waals surface area contributed by atoms with Gasteiger partial charge < -0.3 is 10.4 Å². The molecule has 4 rings (SSSR count). The molecule has 33 heavy (non-hydrogen) atoms. The third-order valence-electron chi connectivity index (χ3n) is 4.70. The van der Waals surface area contributed by atoms with Crippen molar-refractivity contribution in [2.75, 3.05) is 5.32 Å². The van der Waals surface area contributed by atoms with Gasteiger partial charge in [-0.05, 0) is 72.7 Å². The molecule has 0 bridgehead atoms. The Balaban J connectivity index is 1.48. The summed E-state index contributed by atoms with van der Waals surface area (Å²) in [7, 11) is 0. The summed E-state index contributed by atoms with van der Waals surface area (Å²) >= 11 is 18.8. The van der Waals surface area contributed by atoms with Crippen molar-refractivity contribution in [3.63, 3.8) is 0 Å². The number of rotatable bonds is 4. The number of hydrogen-bond donors (Lipinski definition) is 3. The first-order valence-electron chi connectivity index (χ1n) is 9.75. The second-order valence-corrected chi connectivity index (χ2v) is 9.40. The molecule has 0 saturated carbocycles. The van der Waals surface area contributed by atoms with Crippen molar-refractivity contribution in [2.24, 2.45) is 0 Å². The molecule has 3 N–H and O–H groups in total. The maximum absolute atomic E-state index is 12.3. The van der Waals surface area contributed by atoms with Gasteiger partial charge in [-0.1, -0.05) is 41.4 Å². The molecule has 1 heterocycles. The van der Waals surface area contributed by atoms with Gasteiger partial charge in [-0.25, -0.2) is 4.98 Å². The van der Waals surface area contributed by atoms with Crippen molar-refractivity contribution in [2.45, 2.75) is 6.92 Å². The molecule has 0 atom stereocenters. The molecule has 0 aliphatic rings. The molecule has 4 aromatic rings. The Bertz CT molecular complexity index is 1380. The summed E-state index contributed by atoms with van der Waals surface area (Å²) in [6.07, 6.45) is 2.91. The molecule has 0 radical (unpaired) electrons. The van der Waals surface area contributed by atoms with Crippen LogP contribution in [0.15, 0.2) is 60.7 Å². The molecule has 0 unspecified atom stereocenters. The van der Waals surface area contributed by atoms with Gasteiger partial charge in [-0.2, -0.15) is 0 Å². The molecular weight excluding hydrogens is 497 g/mol. The van der Waals surface area contributed by atoms with Gasteiger partial charge >= 0.3 is 0 Å². The number of aromatic nitrogens is 1. The van der Waals surface area contributed by atoms with Crippen LogP contribution in [-0.2, 0) is 4.79 Å². The van der Waals surface area contributed by atoms with E-state index in [-0.39, 0.29) is 10.9 Å². The minimum atomic E-state index is -0.416. The number of anilines is 1. The summed E-state index contributed by atoms with van der Waals surface area (Å²) in [5.41, 5.74) is 3.38.